The molecule has 0 aliphatic carbocycles. The molecule has 0 spiro atoms. The zero-order valence-electron chi connectivity index (χ0n) is 26.2. The zero-order chi connectivity index (χ0) is 32.4. The molecule has 236 valence electrons. The summed E-state index contributed by atoms with van der Waals surface area (Å²) in [5, 5.41) is 3.01. The van der Waals surface area contributed by atoms with Gasteiger partial charge in [0.2, 0.25) is 11.8 Å². The Morgan fingerprint density at radius 3 is 2.11 bits per heavy atom. The molecule has 4 aromatic rings. The maximum atomic E-state index is 14.5. The van der Waals surface area contributed by atoms with Gasteiger partial charge in [-0.25, -0.2) is 8.42 Å². The van der Waals surface area contributed by atoms with Gasteiger partial charge < -0.3 is 15.0 Å². The third-order valence-corrected chi connectivity index (χ3v) is 9.13. The molecule has 2 amide bonds. The number of hydrogen-bond donors (Lipinski definition) is 1. The van der Waals surface area contributed by atoms with Crippen molar-refractivity contribution in [2.75, 3.05) is 24.5 Å². The second kappa shape index (κ2) is 15.4. The molecule has 0 unspecified atom stereocenters. The first-order chi connectivity index (χ1) is 21.6. The van der Waals surface area contributed by atoms with Crippen molar-refractivity contribution in [3.05, 3.63) is 126 Å². The lowest BCUT2D eigenvalue weighted by molar-refractivity contribution is -0.140. The molecule has 0 saturated carbocycles. The Bertz CT molecular complexity index is 1680. The minimum atomic E-state index is -4.14. The monoisotopic (exact) mass is 627 g/mol. The second-order valence-corrected chi connectivity index (χ2v) is 13.2. The van der Waals surface area contributed by atoms with Crippen molar-refractivity contribution >= 4 is 27.5 Å². The molecule has 1 N–H and O–H groups in total. The molecule has 45 heavy (non-hydrogen) atoms. The van der Waals surface area contributed by atoms with Crippen LogP contribution < -0.4 is 14.4 Å². The highest BCUT2D eigenvalue weighted by Crippen LogP contribution is 2.26. The molecule has 0 aliphatic rings. The van der Waals surface area contributed by atoms with Crippen LogP contribution in [0.3, 0.4) is 0 Å². The highest BCUT2D eigenvalue weighted by Gasteiger charge is 2.34. The van der Waals surface area contributed by atoms with E-state index < -0.39 is 28.5 Å². The van der Waals surface area contributed by atoms with Crippen LogP contribution in [0.25, 0.3) is 0 Å². The van der Waals surface area contributed by atoms with Crippen molar-refractivity contribution < 1.29 is 22.7 Å². The molecule has 8 nitrogen and oxygen atoms in total. The van der Waals surface area contributed by atoms with Crippen LogP contribution in [0.2, 0.25) is 0 Å². The highest BCUT2D eigenvalue weighted by molar-refractivity contribution is 7.92. The van der Waals surface area contributed by atoms with E-state index in [2.05, 4.69) is 5.32 Å². The molecule has 0 aliphatic heterocycles. The molecule has 4 aromatic carbocycles. The molecule has 9 heteroatoms. The minimum absolute atomic E-state index is 0.0640. The molecule has 0 aromatic heterocycles. The van der Waals surface area contributed by atoms with Gasteiger partial charge >= 0.3 is 0 Å². The lowest BCUT2D eigenvalue weighted by atomic mass is 10.0. The van der Waals surface area contributed by atoms with Gasteiger partial charge in [-0.15, -0.1) is 0 Å². The molecular formula is C36H41N3O5S. The highest BCUT2D eigenvalue weighted by atomic mass is 32.2. The first-order valence-electron chi connectivity index (χ1n) is 15.0. The van der Waals surface area contributed by atoms with Gasteiger partial charge in [0, 0.05) is 19.5 Å². The molecule has 4 rings (SSSR count). The van der Waals surface area contributed by atoms with E-state index in [1.165, 1.54) is 17.0 Å². The van der Waals surface area contributed by atoms with Crippen molar-refractivity contribution in [3.8, 4) is 5.75 Å². The predicted octanol–water partition coefficient (Wildman–Crippen LogP) is 5.61. The minimum Gasteiger partial charge on any atom is -0.497 e. The van der Waals surface area contributed by atoms with Crippen LogP contribution in [0.5, 0.6) is 5.75 Å². The number of methoxy groups -OCH3 is 1. The normalized spacial score (nSPS) is 11.9. The summed E-state index contributed by atoms with van der Waals surface area (Å²) in [6.07, 6.45) is 0.246. The van der Waals surface area contributed by atoms with Crippen molar-refractivity contribution in [3.63, 3.8) is 0 Å². The summed E-state index contributed by atoms with van der Waals surface area (Å²) in [5.74, 6) is -0.0187. The number of aryl methyl sites for hydroxylation is 1. The predicted molar refractivity (Wildman–Crippen MR) is 177 cm³/mol. The zero-order valence-corrected chi connectivity index (χ0v) is 27.0. The van der Waals surface area contributed by atoms with Gasteiger partial charge in [0.25, 0.3) is 10.0 Å². The number of nitrogens with zero attached hydrogens (tertiary/aromatic N) is 2. The number of amides is 2. The van der Waals surface area contributed by atoms with Crippen molar-refractivity contribution in [1.82, 2.24) is 10.2 Å². The van der Waals surface area contributed by atoms with Gasteiger partial charge in [-0.2, -0.15) is 0 Å². The summed E-state index contributed by atoms with van der Waals surface area (Å²) in [5.41, 5.74) is 2.82. The van der Waals surface area contributed by atoms with Crippen LogP contribution in [0.1, 0.15) is 30.5 Å². The van der Waals surface area contributed by atoms with Crippen LogP contribution in [0.15, 0.2) is 114 Å². The van der Waals surface area contributed by atoms with Gasteiger partial charge in [-0.1, -0.05) is 86.6 Å². The van der Waals surface area contributed by atoms with E-state index in [-0.39, 0.29) is 29.7 Å². The number of nitrogens with one attached hydrogen (secondary N) is 1. The maximum Gasteiger partial charge on any atom is 0.264 e. The largest absolute Gasteiger partial charge is 0.497 e. The van der Waals surface area contributed by atoms with Gasteiger partial charge in [0.1, 0.15) is 18.3 Å². The average Bonchev–Trinajstić information content (AvgIpc) is 3.04. The SMILES string of the molecule is COc1cccc(CN(C(=O)CN(c2cccc(C)c2)S(=O)(=O)c2ccccc2)[C@@H](Cc2ccccc2)C(=O)NCC(C)C)c1. The summed E-state index contributed by atoms with van der Waals surface area (Å²) < 4.78 is 34.7. The molecular weight excluding hydrogens is 586 g/mol. The smallest absolute Gasteiger partial charge is 0.264 e. The number of benzene rings is 4. The average molecular weight is 628 g/mol. The Labute approximate surface area is 266 Å². The van der Waals surface area contributed by atoms with Gasteiger partial charge in [0.15, 0.2) is 0 Å². The summed E-state index contributed by atoms with van der Waals surface area (Å²) in [6.45, 7) is 5.86. The van der Waals surface area contributed by atoms with E-state index in [9.17, 15) is 18.0 Å². The summed E-state index contributed by atoms with van der Waals surface area (Å²) in [6, 6.07) is 30.9. The fourth-order valence-electron chi connectivity index (χ4n) is 4.98. The topological polar surface area (TPSA) is 96.0 Å². The number of carbonyl (C=O) groups is 2. The van der Waals surface area contributed by atoms with Crippen molar-refractivity contribution in [1.29, 1.82) is 0 Å². The Morgan fingerprint density at radius 1 is 0.822 bits per heavy atom. The first-order valence-corrected chi connectivity index (χ1v) is 16.4. The summed E-state index contributed by atoms with van der Waals surface area (Å²) in [4.78, 5) is 30.0. The van der Waals surface area contributed by atoms with E-state index in [0.29, 0.717) is 18.0 Å². The number of sulfonamides is 1. The quantitative estimate of drug-likeness (QED) is 0.196. The third kappa shape index (κ3) is 8.95. The number of ether oxygens (including phenoxy) is 1. The second-order valence-electron chi connectivity index (χ2n) is 11.4. The summed E-state index contributed by atoms with van der Waals surface area (Å²) >= 11 is 0. The number of anilines is 1. The molecule has 0 fully saturated rings. The number of hydrogen-bond acceptors (Lipinski definition) is 5. The third-order valence-electron chi connectivity index (χ3n) is 7.34. The lowest BCUT2D eigenvalue weighted by Crippen LogP contribution is -2.53. The van der Waals surface area contributed by atoms with E-state index in [1.54, 1.807) is 49.6 Å². The van der Waals surface area contributed by atoms with Crippen LogP contribution in [-0.2, 0) is 32.6 Å². The number of carbonyl (C=O) groups excluding carboxylic acids is 2. The van der Waals surface area contributed by atoms with E-state index in [4.69, 9.17) is 4.74 Å². The van der Waals surface area contributed by atoms with Crippen molar-refractivity contribution in [2.45, 2.75) is 44.7 Å². The molecule has 0 heterocycles. The molecule has 0 saturated heterocycles. The van der Waals surface area contributed by atoms with E-state index in [0.717, 1.165) is 21.0 Å². The van der Waals surface area contributed by atoms with Gasteiger partial charge in [0.05, 0.1) is 17.7 Å². The Balaban J connectivity index is 1.80. The fourth-order valence-corrected chi connectivity index (χ4v) is 6.40. The van der Waals surface area contributed by atoms with Gasteiger partial charge in [-0.05, 0) is 65.9 Å². The van der Waals surface area contributed by atoms with Crippen LogP contribution in [0, 0.1) is 12.8 Å². The summed E-state index contributed by atoms with van der Waals surface area (Å²) in [7, 11) is -2.58. The molecule has 0 bridgehead atoms. The number of rotatable bonds is 14. The first kappa shape index (κ1) is 33.3. The molecule has 0 radical (unpaired) electrons. The van der Waals surface area contributed by atoms with E-state index in [1.807, 2.05) is 75.4 Å². The lowest BCUT2D eigenvalue weighted by Gasteiger charge is -2.34. The molecule has 1 atom stereocenters. The van der Waals surface area contributed by atoms with Crippen molar-refractivity contribution in [2.24, 2.45) is 5.92 Å². The maximum absolute atomic E-state index is 14.5. The van der Waals surface area contributed by atoms with E-state index >= 15 is 0 Å². The van der Waals surface area contributed by atoms with Crippen LogP contribution in [-0.4, -0.2) is 51.4 Å². The Morgan fingerprint density at radius 2 is 1.47 bits per heavy atom. The standard InChI is InChI=1S/C36H41N3O5S/c1-27(2)24-37-36(41)34(23-29-14-7-5-8-15-29)38(25-30-16-12-18-32(22-30)44-4)35(40)26-39(31-17-11-13-28(3)21-31)45(42,43)33-19-9-6-10-20-33/h5-22,27,34H,23-26H2,1-4H3,(H,37,41)/t34-/m0/s1. The van der Waals surface area contributed by atoms with Crippen LogP contribution in [0.4, 0.5) is 5.69 Å². The Hall–Kier alpha value is -4.63. The Kier molecular flexibility index (Phi) is 11.4. The van der Waals surface area contributed by atoms with Crippen LogP contribution >= 0.6 is 0 Å². The fraction of sp³-hybridized carbons (Fsp3) is 0.278. The van der Waals surface area contributed by atoms with Gasteiger partial charge in [-0.3, -0.25) is 13.9 Å².